The molecule has 0 bridgehead atoms. The minimum Gasteiger partial charge on any atom is -0.325 e. The summed E-state index contributed by atoms with van der Waals surface area (Å²) in [5, 5.41) is 6.01. The SMILES string of the molecule is C#CCCCNC(C)C(=O)Nc1ccc(C)cc1. The molecule has 0 heterocycles. The van der Waals surface area contributed by atoms with Gasteiger partial charge in [0.05, 0.1) is 6.04 Å². The minimum atomic E-state index is -0.218. The third-order valence-electron chi connectivity index (χ3n) is 2.66. The number of unbranched alkanes of at least 4 members (excludes halogenated alkanes) is 1. The lowest BCUT2D eigenvalue weighted by Crippen LogP contribution is -2.38. The van der Waals surface area contributed by atoms with E-state index in [1.807, 2.05) is 38.1 Å². The van der Waals surface area contributed by atoms with Gasteiger partial charge in [0, 0.05) is 12.1 Å². The molecular formula is C15H20N2O. The average molecular weight is 244 g/mol. The summed E-state index contributed by atoms with van der Waals surface area (Å²) >= 11 is 0. The van der Waals surface area contributed by atoms with Crippen molar-refractivity contribution in [1.29, 1.82) is 0 Å². The monoisotopic (exact) mass is 244 g/mol. The Morgan fingerprint density at radius 2 is 2.06 bits per heavy atom. The fraction of sp³-hybridized carbons (Fsp3) is 0.400. The highest BCUT2D eigenvalue weighted by molar-refractivity contribution is 5.94. The maximum atomic E-state index is 11.8. The van der Waals surface area contributed by atoms with Crippen LogP contribution < -0.4 is 10.6 Å². The van der Waals surface area contributed by atoms with Gasteiger partial charge in [-0.1, -0.05) is 17.7 Å². The molecule has 0 fully saturated rings. The lowest BCUT2D eigenvalue weighted by molar-refractivity contribution is -0.117. The maximum Gasteiger partial charge on any atom is 0.241 e. The van der Waals surface area contributed by atoms with Crippen LogP contribution in [0.25, 0.3) is 0 Å². The van der Waals surface area contributed by atoms with Crippen LogP contribution in [0.4, 0.5) is 5.69 Å². The fourth-order valence-corrected chi connectivity index (χ4v) is 1.49. The van der Waals surface area contributed by atoms with E-state index in [4.69, 9.17) is 6.42 Å². The number of aryl methyl sites for hydroxylation is 1. The lowest BCUT2D eigenvalue weighted by atomic mass is 10.2. The molecular weight excluding hydrogens is 224 g/mol. The highest BCUT2D eigenvalue weighted by Gasteiger charge is 2.11. The Labute approximate surface area is 109 Å². The molecule has 0 radical (unpaired) electrons. The molecule has 1 amide bonds. The van der Waals surface area contributed by atoms with Gasteiger partial charge in [0.15, 0.2) is 0 Å². The Hall–Kier alpha value is -1.79. The van der Waals surface area contributed by atoms with Crippen molar-refractivity contribution in [2.45, 2.75) is 32.7 Å². The molecule has 0 saturated heterocycles. The molecule has 0 aliphatic carbocycles. The number of anilines is 1. The van der Waals surface area contributed by atoms with Crippen LogP contribution >= 0.6 is 0 Å². The molecule has 2 N–H and O–H groups in total. The zero-order chi connectivity index (χ0) is 13.4. The van der Waals surface area contributed by atoms with E-state index >= 15 is 0 Å². The van der Waals surface area contributed by atoms with E-state index < -0.39 is 0 Å². The Morgan fingerprint density at radius 3 is 2.67 bits per heavy atom. The summed E-state index contributed by atoms with van der Waals surface area (Å²) in [5.41, 5.74) is 2.00. The average Bonchev–Trinajstić information content (AvgIpc) is 2.37. The summed E-state index contributed by atoms with van der Waals surface area (Å²) in [6, 6.07) is 7.53. The van der Waals surface area contributed by atoms with Gasteiger partial charge in [-0.25, -0.2) is 0 Å². The summed E-state index contributed by atoms with van der Waals surface area (Å²) in [6.45, 7) is 4.62. The molecule has 0 aliphatic heterocycles. The summed E-state index contributed by atoms with van der Waals surface area (Å²) in [7, 11) is 0. The van der Waals surface area contributed by atoms with E-state index in [9.17, 15) is 4.79 Å². The van der Waals surface area contributed by atoms with E-state index in [-0.39, 0.29) is 11.9 Å². The van der Waals surface area contributed by atoms with E-state index in [1.165, 1.54) is 5.56 Å². The number of amides is 1. The number of terminal acetylenes is 1. The van der Waals surface area contributed by atoms with Crippen molar-refractivity contribution in [3.05, 3.63) is 29.8 Å². The summed E-state index contributed by atoms with van der Waals surface area (Å²) in [5.74, 6) is 2.55. The lowest BCUT2D eigenvalue weighted by Gasteiger charge is -2.13. The van der Waals surface area contributed by atoms with Gasteiger partial charge in [-0.15, -0.1) is 12.3 Å². The molecule has 1 aromatic carbocycles. The van der Waals surface area contributed by atoms with Crippen LogP contribution in [0.3, 0.4) is 0 Å². The van der Waals surface area contributed by atoms with Gasteiger partial charge >= 0.3 is 0 Å². The number of nitrogens with one attached hydrogen (secondary N) is 2. The predicted molar refractivity (Wildman–Crippen MR) is 75.3 cm³/mol. The van der Waals surface area contributed by atoms with Gasteiger partial charge in [0.1, 0.15) is 0 Å². The molecule has 18 heavy (non-hydrogen) atoms. The Morgan fingerprint density at radius 1 is 1.39 bits per heavy atom. The third kappa shape index (κ3) is 5.03. The molecule has 1 rings (SSSR count). The first-order chi connectivity index (χ1) is 8.63. The maximum absolute atomic E-state index is 11.8. The van der Waals surface area contributed by atoms with Gasteiger partial charge in [-0.2, -0.15) is 0 Å². The van der Waals surface area contributed by atoms with Crippen LogP contribution in [0.5, 0.6) is 0 Å². The number of rotatable bonds is 6. The van der Waals surface area contributed by atoms with Crippen LogP contribution in [0.15, 0.2) is 24.3 Å². The summed E-state index contributed by atoms with van der Waals surface area (Å²) in [4.78, 5) is 11.8. The second-order valence-electron chi connectivity index (χ2n) is 4.34. The normalized spacial score (nSPS) is 11.6. The number of carbonyl (C=O) groups is 1. The zero-order valence-electron chi connectivity index (χ0n) is 11.0. The van der Waals surface area contributed by atoms with Crippen molar-refractivity contribution in [3.8, 4) is 12.3 Å². The summed E-state index contributed by atoms with van der Waals surface area (Å²) < 4.78 is 0. The van der Waals surface area contributed by atoms with Crippen LogP contribution in [0.1, 0.15) is 25.3 Å². The smallest absolute Gasteiger partial charge is 0.241 e. The van der Waals surface area contributed by atoms with Crippen molar-refractivity contribution in [1.82, 2.24) is 5.32 Å². The zero-order valence-corrected chi connectivity index (χ0v) is 11.0. The van der Waals surface area contributed by atoms with Crippen molar-refractivity contribution in [2.75, 3.05) is 11.9 Å². The molecule has 96 valence electrons. The number of hydrogen-bond donors (Lipinski definition) is 2. The highest BCUT2D eigenvalue weighted by Crippen LogP contribution is 2.08. The molecule has 0 saturated carbocycles. The van der Waals surface area contributed by atoms with Gasteiger partial charge < -0.3 is 10.6 Å². The topological polar surface area (TPSA) is 41.1 Å². The standard InChI is InChI=1S/C15H20N2O/c1-4-5-6-11-16-13(3)15(18)17-14-9-7-12(2)8-10-14/h1,7-10,13,16H,5-6,11H2,2-3H3,(H,17,18). The van der Waals surface area contributed by atoms with Gasteiger partial charge in [0.25, 0.3) is 0 Å². The second-order valence-corrected chi connectivity index (χ2v) is 4.34. The van der Waals surface area contributed by atoms with Gasteiger partial charge in [0.2, 0.25) is 5.91 Å². The fourth-order valence-electron chi connectivity index (χ4n) is 1.49. The van der Waals surface area contributed by atoms with Gasteiger partial charge in [-0.05, 0) is 38.9 Å². The van der Waals surface area contributed by atoms with Crippen molar-refractivity contribution < 1.29 is 4.79 Å². The van der Waals surface area contributed by atoms with Crippen molar-refractivity contribution in [3.63, 3.8) is 0 Å². The number of carbonyl (C=O) groups excluding carboxylic acids is 1. The first-order valence-corrected chi connectivity index (χ1v) is 6.18. The molecule has 3 heteroatoms. The number of benzene rings is 1. The highest BCUT2D eigenvalue weighted by atomic mass is 16.2. The first-order valence-electron chi connectivity index (χ1n) is 6.18. The molecule has 0 aromatic heterocycles. The quantitative estimate of drug-likeness (QED) is 0.595. The molecule has 0 spiro atoms. The first kappa shape index (κ1) is 14.3. The molecule has 1 aromatic rings. The molecule has 1 unspecified atom stereocenters. The Balaban J connectivity index is 2.35. The number of hydrogen-bond acceptors (Lipinski definition) is 2. The van der Waals surface area contributed by atoms with E-state index in [0.717, 1.165) is 25.1 Å². The van der Waals surface area contributed by atoms with E-state index in [1.54, 1.807) is 0 Å². The molecule has 1 atom stereocenters. The van der Waals surface area contributed by atoms with Crippen molar-refractivity contribution in [2.24, 2.45) is 0 Å². The molecule has 0 aliphatic rings. The second kappa shape index (κ2) is 7.52. The van der Waals surface area contributed by atoms with E-state index in [2.05, 4.69) is 16.6 Å². The van der Waals surface area contributed by atoms with Crippen LogP contribution in [-0.4, -0.2) is 18.5 Å². The van der Waals surface area contributed by atoms with Crippen LogP contribution in [-0.2, 0) is 4.79 Å². The predicted octanol–water partition coefficient (Wildman–Crippen LogP) is 2.33. The largest absolute Gasteiger partial charge is 0.325 e. The van der Waals surface area contributed by atoms with Crippen LogP contribution in [0.2, 0.25) is 0 Å². The molecule has 3 nitrogen and oxygen atoms in total. The van der Waals surface area contributed by atoms with Crippen LogP contribution in [0, 0.1) is 19.3 Å². The van der Waals surface area contributed by atoms with E-state index in [0.29, 0.717) is 0 Å². The minimum absolute atomic E-state index is 0.0282. The third-order valence-corrected chi connectivity index (χ3v) is 2.66. The Bertz CT molecular complexity index is 417. The Kier molecular flexibility index (Phi) is 5.96. The van der Waals surface area contributed by atoms with Crippen molar-refractivity contribution >= 4 is 11.6 Å². The van der Waals surface area contributed by atoms with Gasteiger partial charge in [-0.3, -0.25) is 4.79 Å². The summed E-state index contributed by atoms with van der Waals surface area (Å²) in [6.07, 6.45) is 6.79.